The van der Waals surface area contributed by atoms with Gasteiger partial charge < -0.3 is 9.80 Å². The second kappa shape index (κ2) is 3.95. The zero-order valence-corrected chi connectivity index (χ0v) is 7.33. The van der Waals surface area contributed by atoms with E-state index >= 15 is 0 Å². The fourth-order valence-electron chi connectivity index (χ4n) is 1.04. The van der Waals surface area contributed by atoms with Crippen molar-refractivity contribution in [2.45, 2.75) is 20.0 Å². The zero-order chi connectivity index (χ0) is 6.85. The van der Waals surface area contributed by atoms with Gasteiger partial charge in [-0.15, -0.1) is 0 Å². The fraction of sp³-hybridized carbons (Fsp3) is 0.714. The molecule has 0 spiro atoms. The van der Waals surface area contributed by atoms with E-state index in [1.54, 1.807) is 0 Å². The van der Waals surface area contributed by atoms with Gasteiger partial charge in [-0.05, 0) is 13.8 Å². The molecule has 0 N–H and O–H groups in total. The van der Waals surface area contributed by atoms with E-state index in [9.17, 15) is 0 Å². The Bertz CT molecular complexity index is 125. The van der Waals surface area contributed by atoms with Crippen LogP contribution in [0.25, 0.3) is 0 Å². The van der Waals surface area contributed by atoms with Crippen LogP contribution in [-0.4, -0.2) is 48.4 Å². The van der Waals surface area contributed by atoms with Gasteiger partial charge in [-0.3, -0.25) is 0 Å². The summed E-state index contributed by atoms with van der Waals surface area (Å²) in [5.74, 6) is 0. The normalized spacial score (nSPS) is 23.3. The summed E-state index contributed by atoms with van der Waals surface area (Å²) < 4.78 is 0. The van der Waals surface area contributed by atoms with Gasteiger partial charge in [0.15, 0.2) is 0 Å². The summed E-state index contributed by atoms with van der Waals surface area (Å²) in [6.45, 7) is 5.46. The van der Waals surface area contributed by atoms with E-state index in [0.717, 1.165) is 6.54 Å². The standard InChI is InChI=1S/C7H14N2.Li/c1-4-9-6-5-8(3)7(9)2;/h5-7H,4H2,1-3H3;. The second-order valence-corrected chi connectivity index (χ2v) is 2.43. The SMILES string of the molecule is CCN1C=CN(C)C1C.[Li]. The summed E-state index contributed by atoms with van der Waals surface area (Å²) in [6.07, 6.45) is 4.79. The summed E-state index contributed by atoms with van der Waals surface area (Å²) >= 11 is 0. The Kier molecular flexibility index (Phi) is 3.93. The van der Waals surface area contributed by atoms with Crippen molar-refractivity contribution in [3.8, 4) is 0 Å². The van der Waals surface area contributed by atoms with E-state index in [0.29, 0.717) is 6.17 Å². The Balaban J connectivity index is 0.000000810. The molecule has 0 aliphatic carbocycles. The Morgan fingerprint density at radius 3 is 2.20 bits per heavy atom. The van der Waals surface area contributed by atoms with Crippen molar-refractivity contribution in [1.29, 1.82) is 0 Å². The molecule has 1 radical (unpaired) electrons. The second-order valence-electron chi connectivity index (χ2n) is 2.43. The number of rotatable bonds is 1. The third-order valence-electron chi connectivity index (χ3n) is 1.93. The van der Waals surface area contributed by atoms with E-state index in [2.05, 4.69) is 43.1 Å². The maximum atomic E-state index is 2.29. The zero-order valence-electron chi connectivity index (χ0n) is 7.33. The third kappa shape index (κ3) is 1.71. The molecule has 0 saturated heterocycles. The quantitative estimate of drug-likeness (QED) is 0.485. The predicted octanol–water partition coefficient (Wildman–Crippen LogP) is 0.690. The van der Waals surface area contributed by atoms with Crippen molar-refractivity contribution in [3.05, 3.63) is 12.4 Å². The third-order valence-corrected chi connectivity index (χ3v) is 1.93. The van der Waals surface area contributed by atoms with Gasteiger partial charge in [0.05, 0.1) is 6.17 Å². The summed E-state index contributed by atoms with van der Waals surface area (Å²) in [5.41, 5.74) is 0. The molecule has 1 rings (SSSR count). The Morgan fingerprint density at radius 1 is 1.40 bits per heavy atom. The monoisotopic (exact) mass is 133 g/mol. The van der Waals surface area contributed by atoms with Crippen LogP contribution in [0.15, 0.2) is 12.4 Å². The van der Waals surface area contributed by atoms with Crippen LogP contribution in [-0.2, 0) is 0 Å². The van der Waals surface area contributed by atoms with E-state index in [-0.39, 0.29) is 18.9 Å². The topological polar surface area (TPSA) is 6.48 Å². The van der Waals surface area contributed by atoms with Crippen molar-refractivity contribution in [2.24, 2.45) is 0 Å². The molecule has 53 valence electrons. The molecule has 0 aromatic heterocycles. The first-order valence-electron chi connectivity index (χ1n) is 3.41. The molecule has 0 bridgehead atoms. The van der Waals surface area contributed by atoms with Crippen LogP contribution < -0.4 is 0 Å². The smallest absolute Gasteiger partial charge is 0.0974 e. The maximum absolute atomic E-state index is 2.29. The number of nitrogens with zero attached hydrogens (tertiary/aromatic N) is 2. The van der Waals surface area contributed by atoms with Crippen LogP contribution >= 0.6 is 0 Å². The summed E-state index contributed by atoms with van der Waals surface area (Å²) in [7, 11) is 2.09. The van der Waals surface area contributed by atoms with Crippen molar-refractivity contribution in [3.63, 3.8) is 0 Å². The molecule has 1 unspecified atom stereocenters. The summed E-state index contributed by atoms with van der Waals surface area (Å²) in [4.78, 5) is 4.49. The molecule has 10 heavy (non-hydrogen) atoms. The molecule has 0 amide bonds. The van der Waals surface area contributed by atoms with E-state index in [4.69, 9.17) is 0 Å². The van der Waals surface area contributed by atoms with Crippen LogP contribution in [0.3, 0.4) is 0 Å². The molecular weight excluding hydrogens is 119 g/mol. The Hall–Kier alpha value is -0.0626. The van der Waals surface area contributed by atoms with Crippen molar-refractivity contribution in [2.75, 3.05) is 13.6 Å². The molecule has 0 aromatic carbocycles. The van der Waals surface area contributed by atoms with Crippen molar-refractivity contribution < 1.29 is 0 Å². The van der Waals surface area contributed by atoms with Gasteiger partial charge in [-0.25, -0.2) is 0 Å². The summed E-state index contributed by atoms with van der Waals surface area (Å²) in [6, 6.07) is 0. The van der Waals surface area contributed by atoms with Gasteiger partial charge >= 0.3 is 0 Å². The van der Waals surface area contributed by atoms with E-state index in [1.165, 1.54) is 0 Å². The molecule has 2 nitrogen and oxygen atoms in total. The van der Waals surface area contributed by atoms with Crippen LogP contribution in [0.2, 0.25) is 0 Å². The first kappa shape index (κ1) is 9.94. The predicted molar refractivity (Wildman–Crippen MR) is 44.5 cm³/mol. The average molecular weight is 133 g/mol. The number of hydrogen-bond acceptors (Lipinski definition) is 2. The Morgan fingerprint density at radius 2 is 2.00 bits per heavy atom. The fourth-order valence-corrected chi connectivity index (χ4v) is 1.04. The molecule has 1 aliphatic rings. The minimum atomic E-state index is 0. The minimum Gasteiger partial charge on any atom is -0.359 e. The largest absolute Gasteiger partial charge is 0.359 e. The van der Waals surface area contributed by atoms with Gasteiger partial charge in [0, 0.05) is 44.9 Å². The molecule has 0 fully saturated rings. The molecule has 0 aromatic rings. The van der Waals surface area contributed by atoms with E-state index < -0.39 is 0 Å². The van der Waals surface area contributed by atoms with Gasteiger partial charge in [0.25, 0.3) is 0 Å². The van der Waals surface area contributed by atoms with Gasteiger partial charge in [-0.1, -0.05) is 0 Å². The minimum absolute atomic E-state index is 0. The molecule has 1 aliphatic heterocycles. The first-order valence-corrected chi connectivity index (χ1v) is 3.41. The van der Waals surface area contributed by atoms with Gasteiger partial charge in [0.2, 0.25) is 0 Å². The average Bonchev–Trinajstić information content (AvgIpc) is 2.15. The van der Waals surface area contributed by atoms with Crippen LogP contribution in [0.5, 0.6) is 0 Å². The number of hydrogen-bond donors (Lipinski definition) is 0. The molecule has 0 saturated carbocycles. The van der Waals surface area contributed by atoms with Crippen LogP contribution in [0, 0.1) is 0 Å². The molecule has 1 heterocycles. The van der Waals surface area contributed by atoms with Crippen molar-refractivity contribution in [1.82, 2.24) is 9.80 Å². The van der Waals surface area contributed by atoms with E-state index in [1.807, 2.05) is 0 Å². The van der Waals surface area contributed by atoms with Gasteiger partial charge in [-0.2, -0.15) is 0 Å². The molecular formula is C7H14LiN2. The summed E-state index contributed by atoms with van der Waals surface area (Å²) in [5, 5.41) is 0. The first-order chi connectivity index (χ1) is 4.25. The van der Waals surface area contributed by atoms with Gasteiger partial charge in [0.1, 0.15) is 0 Å². The van der Waals surface area contributed by atoms with Crippen LogP contribution in [0.1, 0.15) is 13.8 Å². The molecule has 3 heteroatoms. The maximum Gasteiger partial charge on any atom is 0.0974 e. The van der Waals surface area contributed by atoms with Crippen molar-refractivity contribution >= 4 is 18.9 Å². The molecule has 1 atom stereocenters. The van der Waals surface area contributed by atoms with Crippen LogP contribution in [0.4, 0.5) is 0 Å². The Labute approximate surface area is 75.1 Å².